The average Bonchev–Trinajstić information content (AvgIpc) is 2.45. The van der Waals surface area contributed by atoms with E-state index in [1.54, 1.807) is 7.11 Å². The number of rotatable bonds is 8. The standard InChI is InChI=1S/C13H19N3O3/c1-19-12-5-2-4-11(8-12)9-16-13(18)15-7-3-6-14-10-17/h2,4-5,8,10H,3,6-7,9H2,1H3,(H,14,17)(H2,15,16,18). The van der Waals surface area contributed by atoms with Gasteiger partial charge in [-0.2, -0.15) is 0 Å². The molecule has 0 unspecified atom stereocenters. The molecule has 0 aromatic heterocycles. The van der Waals surface area contributed by atoms with Crippen molar-refractivity contribution < 1.29 is 14.3 Å². The van der Waals surface area contributed by atoms with E-state index in [0.29, 0.717) is 32.5 Å². The Kier molecular flexibility index (Phi) is 6.86. The first-order valence-electron chi connectivity index (χ1n) is 6.08. The third-order valence-corrected chi connectivity index (χ3v) is 2.45. The SMILES string of the molecule is COc1cccc(CNC(=O)NCCCNC=O)c1. The molecule has 0 aliphatic carbocycles. The van der Waals surface area contributed by atoms with Crippen LogP contribution in [0.15, 0.2) is 24.3 Å². The zero-order chi connectivity index (χ0) is 13.9. The first-order valence-corrected chi connectivity index (χ1v) is 6.08. The van der Waals surface area contributed by atoms with Gasteiger partial charge in [-0.05, 0) is 24.1 Å². The topological polar surface area (TPSA) is 79.5 Å². The molecule has 0 spiro atoms. The summed E-state index contributed by atoms with van der Waals surface area (Å²) in [6, 6.07) is 7.28. The number of nitrogens with one attached hydrogen (secondary N) is 3. The van der Waals surface area contributed by atoms with Gasteiger partial charge in [0.05, 0.1) is 7.11 Å². The van der Waals surface area contributed by atoms with Crippen LogP contribution >= 0.6 is 0 Å². The van der Waals surface area contributed by atoms with Crippen LogP contribution < -0.4 is 20.7 Å². The number of amides is 3. The Bertz CT molecular complexity index is 410. The Balaban J connectivity index is 2.20. The predicted molar refractivity (Wildman–Crippen MR) is 71.9 cm³/mol. The molecule has 0 fully saturated rings. The van der Waals surface area contributed by atoms with Gasteiger partial charge in [0.1, 0.15) is 5.75 Å². The normalized spacial score (nSPS) is 9.53. The number of benzene rings is 1. The minimum absolute atomic E-state index is 0.228. The van der Waals surface area contributed by atoms with Crippen molar-refractivity contribution in [2.24, 2.45) is 0 Å². The van der Waals surface area contributed by atoms with Gasteiger partial charge in [0.15, 0.2) is 0 Å². The van der Waals surface area contributed by atoms with E-state index in [-0.39, 0.29) is 6.03 Å². The lowest BCUT2D eigenvalue weighted by atomic mass is 10.2. The van der Waals surface area contributed by atoms with Gasteiger partial charge in [-0.1, -0.05) is 12.1 Å². The molecule has 0 heterocycles. The lowest BCUT2D eigenvalue weighted by molar-refractivity contribution is -0.109. The summed E-state index contributed by atoms with van der Waals surface area (Å²) in [4.78, 5) is 21.5. The van der Waals surface area contributed by atoms with Crippen molar-refractivity contribution in [1.82, 2.24) is 16.0 Å². The molecule has 1 aromatic carbocycles. The van der Waals surface area contributed by atoms with E-state index in [1.807, 2.05) is 24.3 Å². The fraction of sp³-hybridized carbons (Fsp3) is 0.385. The first kappa shape index (κ1) is 14.8. The molecule has 6 nitrogen and oxygen atoms in total. The molecule has 0 saturated heterocycles. The Morgan fingerprint density at radius 1 is 1.32 bits per heavy atom. The van der Waals surface area contributed by atoms with Gasteiger partial charge >= 0.3 is 6.03 Å². The smallest absolute Gasteiger partial charge is 0.315 e. The third-order valence-electron chi connectivity index (χ3n) is 2.45. The van der Waals surface area contributed by atoms with Crippen LogP contribution in [-0.4, -0.2) is 32.6 Å². The summed E-state index contributed by atoms with van der Waals surface area (Å²) in [5.74, 6) is 0.764. The highest BCUT2D eigenvalue weighted by Crippen LogP contribution is 2.11. The second-order valence-electron chi connectivity index (χ2n) is 3.89. The van der Waals surface area contributed by atoms with Crippen molar-refractivity contribution >= 4 is 12.4 Å². The molecule has 1 rings (SSSR count). The highest BCUT2D eigenvalue weighted by atomic mass is 16.5. The van der Waals surface area contributed by atoms with Gasteiger partial charge in [-0.3, -0.25) is 4.79 Å². The highest BCUT2D eigenvalue weighted by molar-refractivity contribution is 5.73. The van der Waals surface area contributed by atoms with Gasteiger partial charge in [0.25, 0.3) is 0 Å². The van der Waals surface area contributed by atoms with Gasteiger partial charge in [0.2, 0.25) is 6.41 Å². The number of urea groups is 1. The quantitative estimate of drug-likeness (QED) is 0.476. The summed E-state index contributed by atoms with van der Waals surface area (Å²) >= 11 is 0. The molecule has 0 saturated carbocycles. The molecule has 104 valence electrons. The van der Waals surface area contributed by atoms with Crippen LogP contribution in [-0.2, 0) is 11.3 Å². The van der Waals surface area contributed by atoms with Crippen LogP contribution in [0.1, 0.15) is 12.0 Å². The second-order valence-corrected chi connectivity index (χ2v) is 3.89. The predicted octanol–water partition coefficient (Wildman–Crippen LogP) is 0.630. The van der Waals surface area contributed by atoms with Crippen LogP contribution in [0.2, 0.25) is 0 Å². The molecule has 0 aliphatic rings. The van der Waals surface area contributed by atoms with Crippen molar-refractivity contribution in [3.63, 3.8) is 0 Å². The Hall–Kier alpha value is -2.24. The summed E-state index contributed by atoms with van der Waals surface area (Å²) in [6.45, 7) is 1.51. The second kappa shape index (κ2) is 8.79. The number of hydrogen-bond acceptors (Lipinski definition) is 3. The van der Waals surface area contributed by atoms with Crippen LogP contribution in [0.25, 0.3) is 0 Å². The van der Waals surface area contributed by atoms with E-state index < -0.39 is 0 Å². The Morgan fingerprint density at radius 2 is 2.16 bits per heavy atom. The van der Waals surface area contributed by atoms with Crippen LogP contribution in [0.4, 0.5) is 4.79 Å². The third kappa shape index (κ3) is 6.30. The summed E-state index contributed by atoms with van der Waals surface area (Å²) in [5.41, 5.74) is 0.970. The maximum absolute atomic E-state index is 11.5. The summed E-state index contributed by atoms with van der Waals surface area (Å²) in [5, 5.41) is 7.98. The van der Waals surface area contributed by atoms with E-state index >= 15 is 0 Å². The van der Waals surface area contributed by atoms with Crippen molar-refractivity contribution in [2.45, 2.75) is 13.0 Å². The molecular weight excluding hydrogens is 246 g/mol. The maximum Gasteiger partial charge on any atom is 0.315 e. The van der Waals surface area contributed by atoms with E-state index in [9.17, 15) is 9.59 Å². The van der Waals surface area contributed by atoms with E-state index in [1.165, 1.54) is 0 Å². The van der Waals surface area contributed by atoms with Gasteiger partial charge in [-0.15, -0.1) is 0 Å². The van der Waals surface area contributed by atoms with E-state index in [0.717, 1.165) is 11.3 Å². The van der Waals surface area contributed by atoms with Crippen molar-refractivity contribution in [3.05, 3.63) is 29.8 Å². The van der Waals surface area contributed by atoms with Gasteiger partial charge in [-0.25, -0.2) is 4.79 Å². The molecule has 0 aliphatic heterocycles. The van der Waals surface area contributed by atoms with Crippen LogP contribution in [0, 0.1) is 0 Å². The molecule has 1 aromatic rings. The minimum Gasteiger partial charge on any atom is -0.497 e. The van der Waals surface area contributed by atoms with Gasteiger partial charge < -0.3 is 20.7 Å². The van der Waals surface area contributed by atoms with Crippen molar-refractivity contribution in [1.29, 1.82) is 0 Å². The molecular formula is C13H19N3O3. The van der Waals surface area contributed by atoms with E-state index in [2.05, 4.69) is 16.0 Å². The number of carbonyl (C=O) groups excluding carboxylic acids is 2. The summed E-state index contributed by atoms with van der Waals surface area (Å²) in [6.07, 6.45) is 1.34. The lowest BCUT2D eigenvalue weighted by Crippen LogP contribution is -2.36. The van der Waals surface area contributed by atoms with E-state index in [4.69, 9.17) is 4.74 Å². The van der Waals surface area contributed by atoms with Crippen molar-refractivity contribution in [2.75, 3.05) is 20.2 Å². The number of ether oxygens (including phenoxy) is 1. The Morgan fingerprint density at radius 3 is 2.89 bits per heavy atom. The van der Waals surface area contributed by atoms with Gasteiger partial charge in [0, 0.05) is 19.6 Å². The Labute approximate surface area is 112 Å². The zero-order valence-corrected chi connectivity index (χ0v) is 10.9. The summed E-state index contributed by atoms with van der Waals surface area (Å²) < 4.78 is 5.10. The number of methoxy groups -OCH3 is 1. The molecule has 19 heavy (non-hydrogen) atoms. The largest absolute Gasteiger partial charge is 0.497 e. The molecule has 6 heteroatoms. The maximum atomic E-state index is 11.5. The first-order chi connectivity index (χ1) is 9.26. The number of hydrogen-bond donors (Lipinski definition) is 3. The van der Waals surface area contributed by atoms with Crippen molar-refractivity contribution in [3.8, 4) is 5.75 Å². The zero-order valence-electron chi connectivity index (χ0n) is 10.9. The fourth-order valence-electron chi connectivity index (χ4n) is 1.48. The molecule has 0 atom stereocenters. The highest BCUT2D eigenvalue weighted by Gasteiger charge is 2.00. The average molecular weight is 265 g/mol. The number of carbonyl (C=O) groups is 2. The molecule has 3 amide bonds. The molecule has 0 bridgehead atoms. The molecule has 3 N–H and O–H groups in total. The van der Waals surface area contributed by atoms with Crippen LogP contribution in [0.5, 0.6) is 5.75 Å². The van der Waals surface area contributed by atoms with Crippen LogP contribution in [0.3, 0.4) is 0 Å². The lowest BCUT2D eigenvalue weighted by Gasteiger charge is -2.08. The molecule has 0 radical (unpaired) electrons. The monoisotopic (exact) mass is 265 g/mol. The fourth-order valence-corrected chi connectivity index (χ4v) is 1.48. The summed E-state index contributed by atoms with van der Waals surface area (Å²) in [7, 11) is 1.60. The minimum atomic E-state index is -0.228.